The van der Waals surface area contributed by atoms with E-state index in [4.69, 9.17) is 0 Å². The Morgan fingerprint density at radius 2 is 1.96 bits per heavy atom. The minimum atomic E-state index is -0.421. The van der Waals surface area contributed by atoms with Gasteiger partial charge in [-0.1, -0.05) is 36.4 Å². The maximum absolute atomic E-state index is 12.4. The Kier molecular flexibility index (Phi) is 7.01. The lowest BCUT2D eigenvalue weighted by Gasteiger charge is -2.28. The van der Waals surface area contributed by atoms with E-state index in [1.807, 2.05) is 35.7 Å². The van der Waals surface area contributed by atoms with Crippen molar-refractivity contribution >= 4 is 23.3 Å². The second-order valence-corrected chi connectivity index (χ2v) is 8.13. The molecule has 3 amide bonds. The number of benzene rings is 1. The fourth-order valence-corrected chi connectivity index (χ4v) is 3.79. The van der Waals surface area contributed by atoms with E-state index in [1.54, 1.807) is 11.3 Å². The Morgan fingerprint density at radius 3 is 2.63 bits per heavy atom. The summed E-state index contributed by atoms with van der Waals surface area (Å²) in [7, 11) is 0. The van der Waals surface area contributed by atoms with Gasteiger partial charge in [-0.3, -0.25) is 15.0 Å². The SMILES string of the molecule is CC(c1ccccc1)N(CC(=O)NC(=O)NCCc1cccs1)CC1CC1. The molecule has 1 aliphatic rings. The van der Waals surface area contributed by atoms with Crippen molar-refractivity contribution in [2.24, 2.45) is 5.92 Å². The molecule has 3 rings (SSSR count). The highest BCUT2D eigenvalue weighted by Gasteiger charge is 2.28. The van der Waals surface area contributed by atoms with E-state index < -0.39 is 6.03 Å². The average molecular weight is 386 g/mol. The van der Waals surface area contributed by atoms with E-state index >= 15 is 0 Å². The van der Waals surface area contributed by atoms with Gasteiger partial charge in [0, 0.05) is 24.0 Å². The third-order valence-electron chi connectivity index (χ3n) is 4.86. The number of carbonyl (C=O) groups excluding carboxylic acids is 2. The molecule has 2 N–H and O–H groups in total. The number of imide groups is 1. The quantitative estimate of drug-likeness (QED) is 0.693. The Bertz CT molecular complexity index is 729. The number of hydrogen-bond acceptors (Lipinski definition) is 4. The van der Waals surface area contributed by atoms with Gasteiger partial charge in [-0.05, 0) is 49.1 Å². The maximum atomic E-state index is 12.4. The van der Waals surface area contributed by atoms with Crippen molar-refractivity contribution in [3.8, 4) is 0 Å². The number of urea groups is 1. The minimum Gasteiger partial charge on any atom is -0.337 e. The van der Waals surface area contributed by atoms with Crippen molar-refractivity contribution in [2.75, 3.05) is 19.6 Å². The summed E-state index contributed by atoms with van der Waals surface area (Å²) in [5, 5.41) is 7.23. The van der Waals surface area contributed by atoms with Crippen LogP contribution in [0.3, 0.4) is 0 Å². The second-order valence-electron chi connectivity index (χ2n) is 7.09. The van der Waals surface area contributed by atoms with Crippen LogP contribution in [-0.4, -0.2) is 36.5 Å². The summed E-state index contributed by atoms with van der Waals surface area (Å²) in [5.41, 5.74) is 1.19. The lowest BCUT2D eigenvalue weighted by atomic mass is 10.1. The zero-order valence-corrected chi connectivity index (χ0v) is 16.5. The number of carbonyl (C=O) groups is 2. The van der Waals surface area contributed by atoms with Crippen LogP contribution in [0.25, 0.3) is 0 Å². The van der Waals surface area contributed by atoms with Crippen LogP contribution in [0.2, 0.25) is 0 Å². The summed E-state index contributed by atoms with van der Waals surface area (Å²) in [5.74, 6) is 0.413. The summed E-state index contributed by atoms with van der Waals surface area (Å²) < 4.78 is 0. The van der Waals surface area contributed by atoms with Crippen molar-refractivity contribution in [2.45, 2.75) is 32.2 Å². The van der Waals surface area contributed by atoms with Crippen molar-refractivity contribution < 1.29 is 9.59 Å². The van der Waals surface area contributed by atoms with Gasteiger partial charge in [0.05, 0.1) is 6.54 Å². The smallest absolute Gasteiger partial charge is 0.321 e. The summed E-state index contributed by atoms with van der Waals surface area (Å²) >= 11 is 1.66. The third-order valence-corrected chi connectivity index (χ3v) is 5.79. The first-order chi connectivity index (χ1) is 13.1. The molecule has 2 aromatic rings. The molecule has 27 heavy (non-hydrogen) atoms. The zero-order valence-electron chi connectivity index (χ0n) is 15.7. The lowest BCUT2D eigenvalue weighted by Crippen LogP contribution is -2.45. The van der Waals surface area contributed by atoms with Gasteiger partial charge in [-0.15, -0.1) is 11.3 Å². The van der Waals surface area contributed by atoms with Crippen LogP contribution in [0.15, 0.2) is 47.8 Å². The van der Waals surface area contributed by atoms with Gasteiger partial charge in [0.25, 0.3) is 0 Å². The molecule has 1 aromatic heterocycles. The largest absolute Gasteiger partial charge is 0.337 e. The Labute approximate surface area is 164 Å². The van der Waals surface area contributed by atoms with Crippen LogP contribution < -0.4 is 10.6 Å². The molecular formula is C21H27N3O2S. The van der Waals surface area contributed by atoms with Crippen molar-refractivity contribution in [1.82, 2.24) is 15.5 Å². The molecule has 1 atom stereocenters. The minimum absolute atomic E-state index is 0.138. The highest BCUT2D eigenvalue weighted by atomic mass is 32.1. The molecule has 1 aromatic carbocycles. The van der Waals surface area contributed by atoms with E-state index in [0.29, 0.717) is 12.5 Å². The molecule has 0 radical (unpaired) electrons. The highest BCUT2D eigenvalue weighted by molar-refractivity contribution is 7.09. The Balaban J connectivity index is 1.47. The molecule has 1 fully saturated rings. The predicted octanol–water partition coefficient (Wildman–Crippen LogP) is 3.59. The number of rotatable bonds is 9. The number of nitrogens with one attached hydrogen (secondary N) is 2. The van der Waals surface area contributed by atoms with Gasteiger partial charge >= 0.3 is 6.03 Å². The summed E-state index contributed by atoms with van der Waals surface area (Å²) in [6, 6.07) is 13.9. The molecule has 1 aliphatic carbocycles. The van der Waals surface area contributed by atoms with Crippen molar-refractivity contribution in [1.29, 1.82) is 0 Å². The molecule has 6 heteroatoms. The zero-order chi connectivity index (χ0) is 19.1. The Hall–Kier alpha value is -2.18. The highest BCUT2D eigenvalue weighted by Crippen LogP contribution is 2.32. The van der Waals surface area contributed by atoms with Gasteiger partial charge < -0.3 is 5.32 Å². The van der Waals surface area contributed by atoms with Crippen LogP contribution in [0.4, 0.5) is 4.79 Å². The van der Waals surface area contributed by atoms with Gasteiger partial charge in [-0.25, -0.2) is 4.79 Å². The number of hydrogen-bond donors (Lipinski definition) is 2. The van der Waals surface area contributed by atoms with E-state index in [1.165, 1.54) is 23.3 Å². The van der Waals surface area contributed by atoms with E-state index in [-0.39, 0.29) is 18.5 Å². The van der Waals surface area contributed by atoms with Crippen LogP contribution in [0.1, 0.15) is 36.2 Å². The molecule has 1 saturated carbocycles. The monoisotopic (exact) mass is 385 g/mol. The molecule has 0 bridgehead atoms. The summed E-state index contributed by atoms with van der Waals surface area (Å²) in [4.78, 5) is 27.7. The van der Waals surface area contributed by atoms with Gasteiger partial charge in [0.2, 0.25) is 5.91 Å². The van der Waals surface area contributed by atoms with Crippen molar-refractivity contribution in [3.05, 3.63) is 58.3 Å². The van der Waals surface area contributed by atoms with E-state index in [9.17, 15) is 9.59 Å². The molecule has 1 heterocycles. The normalized spacial score (nSPS) is 14.7. The van der Waals surface area contributed by atoms with Gasteiger partial charge in [0.1, 0.15) is 0 Å². The molecule has 0 saturated heterocycles. The van der Waals surface area contributed by atoms with E-state index in [0.717, 1.165) is 13.0 Å². The summed E-state index contributed by atoms with van der Waals surface area (Å²) in [6.45, 7) is 3.76. The molecular weight excluding hydrogens is 358 g/mol. The first kappa shape index (κ1) is 19.6. The van der Waals surface area contributed by atoms with Crippen LogP contribution in [0.5, 0.6) is 0 Å². The third kappa shape index (κ3) is 6.48. The van der Waals surface area contributed by atoms with Crippen LogP contribution in [0, 0.1) is 5.92 Å². The number of amides is 3. The number of nitrogens with zero attached hydrogens (tertiary/aromatic N) is 1. The summed E-state index contributed by atoms with van der Waals surface area (Å²) in [6.07, 6.45) is 3.23. The average Bonchev–Trinajstić information content (AvgIpc) is 3.33. The molecule has 0 aliphatic heterocycles. The van der Waals surface area contributed by atoms with Gasteiger partial charge in [0.15, 0.2) is 0 Å². The predicted molar refractivity (Wildman–Crippen MR) is 109 cm³/mol. The molecule has 1 unspecified atom stereocenters. The first-order valence-corrected chi connectivity index (χ1v) is 10.4. The standard InChI is InChI=1S/C21H27N3O2S/c1-16(18-6-3-2-4-7-18)24(14-17-9-10-17)15-20(25)23-21(26)22-12-11-19-8-5-13-27-19/h2-8,13,16-17H,9-12,14-15H2,1H3,(H2,22,23,25,26). The van der Waals surface area contributed by atoms with Gasteiger partial charge in [-0.2, -0.15) is 0 Å². The molecule has 0 spiro atoms. The maximum Gasteiger partial charge on any atom is 0.321 e. The number of thiophene rings is 1. The van der Waals surface area contributed by atoms with Crippen LogP contribution >= 0.6 is 11.3 Å². The molecule has 144 valence electrons. The lowest BCUT2D eigenvalue weighted by molar-refractivity contribution is -0.121. The van der Waals surface area contributed by atoms with Crippen molar-refractivity contribution in [3.63, 3.8) is 0 Å². The fourth-order valence-electron chi connectivity index (χ4n) is 3.08. The first-order valence-electron chi connectivity index (χ1n) is 9.51. The molecule has 5 nitrogen and oxygen atoms in total. The topological polar surface area (TPSA) is 61.4 Å². The van der Waals surface area contributed by atoms with Crippen LogP contribution in [-0.2, 0) is 11.2 Å². The Morgan fingerprint density at radius 1 is 1.19 bits per heavy atom. The fraction of sp³-hybridized carbons (Fsp3) is 0.429. The van der Waals surface area contributed by atoms with E-state index in [2.05, 4.69) is 34.6 Å². The second kappa shape index (κ2) is 9.67.